The van der Waals surface area contributed by atoms with Crippen molar-refractivity contribution in [2.24, 2.45) is 0 Å². The topological polar surface area (TPSA) is 59.0 Å². The van der Waals surface area contributed by atoms with Gasteiger partial charge in [0.25, 0.3) is 5.91 Å². The van der Waals surface area contributed by atoms with Crippen LogP contribution in [0.25, 0.3) is 0 Å². The van der Waals surface area contributed by atoms with E-state index in [1.54, 1.807) is 4.90 Å². The Bertz CT molecular complexity index is 360. The first kappa shape index (κ1) is 12.4. The van der Waals surface area contributed by atoms with Gasteiger partial charge in [-0.05, 0) is 13.8 Å². The summed E-state index contributed by atoms with van der Waals surface area (Å²) in [6.07, 6.45) is 4.38. The third-order valence-corrected chi connectivity index (χ3v) is 3.13. The summed E-state index contributed by atoms with van der Waals surface area (Å²) >= 11 is 0. The summed E-state index contributed by atoms with van der Waals surface area (Å²) in [5, 5.41) is 9.70. The molecule has 0 bridgehead atoms. The summed E-state index contributed by atoms with van der Waals surface area (Å²) in [4.78, 5) is 13.1. The predicted octanol–water partition coefficient (Wildman–Crippen LogP) is -0.267. The SMILES string of the molecule is C#CCCN1C(=O)[C@H](O)[C@@H]1[C@H]1COC(C)(C)O1. The molecular weight excluding hydrogens is 222 g/mol. The van der Waals surface area contributed by atoms with Crippen molar-refractivity contribution in [3.05, 3.63) is 0 Å². The Morgan fingerprint density at radius 2 is 2.35 bits per heavy atom. The fourth-order valence-electron chi connectivity index (χ4n) is 2.28. The molecule has 2 aliphatic rings. The van der Waals surface area contributed by atoms with Crippen molar-refractivity contribution >= 4 is 5.91 Å². The summed E-state index contributed by atoms with van der Waals surface area (Å²) in [5.41, 5.74) is 0. The van der Waals surface area contributed by atoms with Gasteiger partial charge in [0.1, 0.15) is 6.10 Å². The summed E-state index contributed by atoms with van der Waals surface area (Å²) in [6.45, 7) is 4.46. The number of carbonyl (C=O) groups excluding carboxylic acids is 1. The van der Waals surface area contributed by atoms with Gasteiger partial charge in [-0.25, -0.2) is 0 Å². The van der Waals surface area contributed by atoms with E-state index in [4.69, 9.17) is 15.9 Å². The first-order valence-electron chi connectivity index (χ1n) is 5.70. The van der Waals surface area contributed by atoms with E-state index in [0.717, 1.165) is 0 Å². The van der Waals surface area contributed by atoms with Crippen LogP contribution in [-0.4, -0.2) is 53.1 Å². The van der Waals surface area contributed by atoms with Crippen molar-refractivity contribution in [1.29, 1.82) is 0 Å². The number of rotatable bonds is 3. The third kappa shape index (κ3) is 2.16. The molecule has 17 heavy (non-hydrogen) atoms. The van der Waals surface area contributed by atoms with Crippen molar-refractivity contribution < 1.29 is 19.4 Å². The minimum absolute atomic E-state index is 0.279. The van der Waals surface area contributed by atoms with E-state index < -0.39 is 11.9 Å². The summed E-state index contributed by atoms with van der Waals surface area (Å²) in [5.74, 6) is 1.55. The molecule has 0 aromatic heterocycles. The van der Waals surface area contributed by atoms with Crippen molar-refractivity contribution in [1.82, 2.24) is 4.90 Å². The molecule has 0 aliphatic carbocycles. The molecule has 0 saturated carbocycles. The number of ether oxygens (including phenoxy) is 2. The maximum absolute atomic E-state index is 11.5. The minimum Gasteiger partial charge on any atom is -0.381 e. The average molecular weight is 239 g/mol. The molecule has 5 heteroatoms. The van der Waals surface area contributed by atoms with E-state index in [9.17, 15) is 9.90 Å². The van der Waals surface area contributed by atoms with Crippen molar-refractivity contribution in [3.63, 3.8) is 0 Å². The van der Waals surface area contributed by atoms with Crippen LogP contribution < -0.4 is 0 Å². The summed E-state index contributed by atoms with van der Waals surface area (Å²) in [6, 6.07) is -0.336. The lowest BCUT2D eigenvalue weighted by atomic mass is 9.92. The Labute approximate surface area is 101 Å². The Hall–Kier alpha value is -1.09. The normalized spacial score (nSPS) is 35.5. The molecule has 1 amide bonds. The quantitative estimate of drug-likeness (QED) is 0.544. The molecule has 5 nitrogen and oxygen atoms in total. The van der Waals surface area contributed by atoms with E-state index in [0.29, 0.717) is 19.6 Å². The van der Waals surface area contributed by atoms with Crippen LogP contribution in [0.3, 0.4) is 0 Å². The molecule has 0 radical (unpaired) electrons. The molecule has 0 aromatic rings. The molecule has 0 aromatic carbocycles. The van der Waals surface area contributed by atoms with E-state index in [1.165, 1.54) is 0 Å². The molecule has 0 unspecified atom stereocenters. The van der Waals surface area contributed by atoms with Gasteiger partial charge in [0.15, 0.2) is 11.9 Å². The van der Waals surface area contributed by atoms with Crippen LogP contribution in [0.1, 0.15) is 20.3 Å². The summed E-state index contributed by atoms with van der Waals surface area (Å²) in [7, 11) is 0. The molecule has 3 atom stereocenters. The highest BCUT2D eigenvalue weighted by Gasteiger charge is 2.53. The van der Waals surface area contributed by atoms with Gasteiger partial charge >= 0.3 is 0 Å². The number of hydrogen-bond donors (Lipinski definition) is 1. The second kappa shape index (κ2) is 4.30. The zero-order valence-corrected chi connectivity index (χ0v) is 10.0. The van der Waals surface area contributed by atoms with Crippen LogP contribution in [0.15, 0.2) is 0 Å². The zero-order valence-electron chi connectivity index (χ0n) is 10.0. The van der Waals surface area contributed by atoms with Gasteiger partial charge in [0.2, 0.25) is 0 Å². The molecule has 2 saturated heterocycles. The molecule has 94 valence electrons. The molecule has 2 aliphatic heterocycles. The first-order valence-corrected chi connectivity index (χ1v) is 5.70. The van der Waals surface area contributed by atoms with Crippen LogP contribution in [-0.2, 0) is 14.3 Å². The Kier molecular flexibility index (Phi) is 3.13. The minimum atomic E-state index is -0.990. The number of aliphatic hydroxyl groups excluding tert-OH is 1. The monoisotopic (exact) mass is 239 g/mol. The highest BCUT2D eigenvalue weighted by molar-refractivity contribution is 5.88. The Morgan fingerprint density at radius 1 is 1.65 bits per heavy atom. The lowest BCUT2D eigenvalue weighted by molar-refractivity contribution is -0.189. The lowest BCUT2D eigenvalue weighted by Gasteiger charge is -2.46. The Morgan fingerprint density at radius 3 is 2.88 bits per heavy atom. The van der Waals surface area contributed by atoms with Crippen LogP contribution in [0.2, 0.25) is 0 Å². The van der Waals surface area contributed by atoms with E-state index >= 15 is 0 Å². The number of nitrogens with zero attached hydrogens (tertiary/aromatic N) is 1. The number of aliphatic hydroxyl groups is 1. The summed E-state index contributed by atoms with van der Waals surface area (Å²) < 4.78 is 11.1. The van der Waals surface area contributed by atoms with Crippen molar-refractivity contribution in [2.75, 3.05) is 13.2 Å². The van der Waals surface area contributed by atoms with Gasteiger partial charge in [-0.1, -0.05) is 0 Å². The standard InChI is InChI=1S/C12H17NO4/c1-4-5-6-13-9(10(14)11(13)15)8-7-16-12(2,3)17-8/h1,8-10,14H,5-7H2,2-3H3/t8-,9+,10-/m1/s1. The molecule has 0 spiro atoms. The van der Waals surface area contributed by atoms with Crippen molar-refractivity contribution in [3.8, 4) is 12.3 Å². The maximum atomic E-state index is 11.5. The number of β-lactam (4-membered cyclic amide) rings is 1. The van der Waals surface area contributed by atoms with E-state index in [2.05, 4.69) is 5.92 Å². The van der Waals surface area contributed by atoms with Gasteiger partial charge < -0.3 is 19.5 Å². The fourth-order valence-corrected chi connectivity index (χ4v) is 2.28. The van der Waals surface area contributed by atoms with Gasteiger partial charge in [-0.3, -0.25) is 4.79 Å². The number of hydrogen-bond acceptors (Lipinski definition) is 4. The van der Waals surface area contributed by atoms with Gasteiger partial charge in [0.05, 0.1) is 12.6 Å². The number of amides is 1. The average Bonchev–Trinajstić information content (AvgIpc) is 2.63. The second-order valence-corrected chi connectivity index (χ2v) is 4.79. The zero-order chi connectivity index (χ0) is 12.6. The fraction of sp³-hybridized carbons (Fsp3) is 0.750. The number of carbonyl (C=O) groups is 1. The van der Waals surface area contributed by atoms with Gasteiger partial charge in [-0.2, -0.15) is 0 Å². The molecule has 2 rings (SSSR count). The smallest absolute Gasteiger partial charge is 0.254 e. The number of terminal acetylenes is 1. The Balaban J connectivity index is 2.00. The van der Waals surface area contributed by atoms with Crippen LogP contribution >= 0.6 is 0 Å². The highest BCUT2D eigenvalue weighted by atomic mass is 16.7. The second-order valence-electron chi connectivity index (χ2n) is 4.79. The molecule has 2 heterocycles. The predicted molar refractivity (Wildman–Crippen MR) is 59.9 cm³/mol. The maximum Gasteiger partial charge on any atom is 0.254 e. The van der Waals surface area contributed by atoms with E-state index in [-0.39, 0.29) is 18.1 Å². The lowest BCUT2D eigenvalue weighted by Crippen LogP contribution is -2.69. The van der Waals surface area contributed by atoms with Crippen LogP contribution in [0.5, 0.6) is 0 Å². The third-order valence-electron chi connectivity index (χ3n) is 3.13. The number of likely N-dealkylation sites (tertiary alicyclic amines) is 1. The van der Waals surface area contributed by atoms with Crippen LogP contribution in [0, 0.1) is 12.3 Å². The van der Waals surface area contributed by atoms with Gasteiger partial charge in [-0.15, -0.1) is 12.3 Å². The molecular formula is C12H17NO4. The van der Waals surface area contributed by atoms with Crippen LogP contribution in [0.4, 0.5) is 0 Å². The molecule has 1 N–H and O–H groups in total. The van der Waals surface area contributed by atoms with Gasteiger partial charge in [0, 0.05) is 13.0 Å². The largest absolute Gasteiger partial charge is 0.381 e. The van der Waals surface area contributed by atoms with E-state index in [1.807, 2.05) is 13.8 Å². The van der Waals surface area contributed by atoms with Crippen molar-refractivity contribution in [2.45, 2.75) is 44.3 Å². The first-order chi connectivity index (χ1) is 7.96. The highest BCUT2D eigenvalue weighted by Crippen LogP contribution is 2.32. The molecule has 2 fully saturated rings.